The summed E-state index contributed by atoms with van der Waals surface area (Å²) in [7, 11) is 1.63. The molecule has 0 aliphatic rings. The molecule has 0 radical (unpaired) electrons. The van der Waals surface area contributed by atoms with Crippen molar-refractivity contribution in [3.63, 3.8) is 0 Å². The SMILES string of the molecule is Cc1ccc(OCCN(C)C(=O)c2cc3ccccc3oc2=O)cc1. The van der Waals surface area contributed by atoms with Crippen molar-refractivity contribution in [3.8, 4) is 5.75 Å². The Morgan fingerprint density at radius 3 is 2.60 bits per heavy atom. The van der Waals surface area contributed by atoms with Crippen molar-refractivity contribution in [1.29, 1.82) is 0 Å². The molecule has 0 saturated heterocycles. The Morgan fingerprint density at radius 1 is 1.12 bits per heavy atom. The highest BCUT2D eigenvalue weighted by molar-refractivity contribution is 5.96. The highest BCUT2D eigenvalue weighted by atomic mass is 16.5. The van der Waals surface area contributed by atoms with E-state index in [0.717, 1.165) is 16.7 Å². The van der Waals surface area contributed by atoms with Crippen LogP contribution < -0.4 is 10.4 Å². The lowest BCUT2D eigenvalue weighted by Gasteiger charge is -2.17. The third-order valence-corrected chi connectivity index (χ3v) is 3.93. The lowest BCUT2D eigenvalue weighted by atomic mass is 10.1. The average Bonchev–Trinajstić information content (AvgIpc) is 2.62. The summed E-state index contributed by atoms with van der Waals surface area (Å²) in [5.41, 5.74) is 1.02. The highest BCUT2D eigenvalue weighted by Crippen LogP contribution is 2.14. The summed E-state index contributed by atoms with van der Waals surface area (Å²) in [5, 5.41) is 0.717. The molecule has 0 N–H and O–H groups in total. The third kappa shape index (κ3) is 3.88. The molecule has 0 aliphatic heterocycles. The van der Waals surface area contributed by atoms with Gasteiger partial charge in [-0.3, -0.25) is 4.79 Å². The van der Waals surface area contributed by atoms with Crippen LogP contribution in [0.3, 0.4) is 0 Å². The van der Waals surface area contributed by atoms with Crippen molar-refractivity contribution in [2.24, 2.45) is 0 Å². The normalized spacial score (nSPS) is 10.6. The number of rotatable bonds is 5. The first-order valence-corrected chi connectivity index (χ1v) is 8.02. The number of amides is 1. The summed E-state index contributed by atoms with van der Waals surface area (Å²) in [4.78, 5) is 26.0. The summed E-state index contributed by atoms with van der Waals surface area (Å²) < 4.78 is 10.8. The van der Waals surface area contributed by atoms with Gasteiger partial charge in [-0.05, 0) is 31.2 Å². The molecule has 0 fully saturated rings. The minimum atomic E-state index is -0.630. The maximum atomic E-state index is 12.5. The second kappa shape index (κ2) is 7.21. The minimum absolute atomic E-state index is 0.0246. The van der Waals surface area contributed by atoms with Gasteiger partial charge in [0, 0.05) is 12.4 Å². The van der Waals surface area contributed by atoms with E-state index in [0.29, 0.717) is 18.7 Å². The van der Waals surface area contributed by atoms with Crippen LogP contribution in [0.25, 0.3) is 11.0 Å². The van der Waals surface area contributed by atoms with Gasteiger partial charge in [0.1, 0.15) is 23.5 Å². The molecule has 0 atom stereocenters. The molecule has 5 heteroatoms. The Kier molecular flexibility index (Phi) is 4.84. The summed E-state index contributed by atoms with van der Waals surface area (Å²) in [6, 6.07) is 16.4. The van der Waals surface area contributed by atoms with Gasteiger partial charge in [-0.1, -0.05) is 35.9 Å². The van der Waals surface area contributed by atoms with Gasteiger partial charge in [-0.25, -0.2) is 4.79 Å². The Bertz CT molecular complexity index is 944. The van der Waals surface area contributed by atoms with E-state index in [2.05, 4.69) is 0 Å². The standard InChI is InChI=1S/C20H19NO4/c1-14-7-9-16(10-8-14)24-12-11-21(2)19(22)17-13-15-5-3-4-6-18(15)25-20(17)23/h3-10,13H,11-12H2,1-2H3. The van der Waals surface area contributed by atoms with E-state index < -0.39 is 5.63 Å². The average molecular weight is 337 g/mol. The van der Waals surface area contributed by atoms with Gasteiger partial charge in [-0.2, -0.15) is 0 Å². The first-order chi connectivity index (χ1) is 12.0. The summed E-state index contributed by atoms with van der Waals surface area (Å²) >= 11 is 0. The number of carbonyl (C=O) groups excluding carboxylic acids is 1. The quantitative estimate of drug-likeness (QED) is 0.671. The van der Waals surface area contributed by atoms with Crippen LogP contribution in [-0.2, 0) is 0 Å². The fourth-order valence-electron chi connectivity index (χ4n) is 2.45. The molecular formula is C20H19NO4. The maximum Gasteiger partial charge on any atom is 0.349 e. The van der Waals surface area contributed by atoms with Crippen molar-refractivity contribution in [3.05, 3.63) is 76.1 Å². The van der Waals surface area contributed by atoms with E-state index in [1.165, 1.54) is 4.90 Å². The second-order valence-corrected chi connectivity index (χ2v) is 5.87. The van der Waals surface area contributed by atoms with Gasteiger partial charge < -0.3 is 14.1 Å². The zero-order valence-electron chi connectivity index (χ0n) is 14.2. The number of benzene rings is 2. The fraction of sp³-hybridized carbons (Fsp3) is 0.200. The first-order valence-electron chi connectivity index (χ1n) is 8.02. The maximum absolute atomic E-state index is 12.5. The lowest BCUT2D eigenvalue weighted by Crippen LogP contribution is -2.33. The molecule has 3 aromatic rings. The number of hydrogen-bond acceptors (Lipinski definition) is 4. The van der Waals surface area contributed by atoms with E-state index in [1.807, 2.05) is 37.3 Å². The summed E-state index contributed by atoms with van der Waals surface area (Å²) in [6.07, 6.45) is 0. The molecule has 128 valence electrons. The van der Waals surface area contributed by atoms with Crippen molar-refractivity contribution in [2.45, 2.75) is 6.92 Å². The molecule has 1 amide bonds. The lowest BCUT2D eigenvalue weighted by molar-refractivity contribution is 0.0770. The number of hydrogen-bond donors (Lipinski definition) is 0. The monoisotopic (exact) mass is 337 g/mol. The molecule has 1 heterocycles. The highest BCUT2D eigenvalue weighted by Gasteiger charge is 2.17. The van der Waals surface area contributed by atoms with Gasteiger partial charge in [0.2, 0.25) is 0 Å². The van der Waals surface area contributed by atoms with Gasteiger partial charge >= 0.3 is 5.63 Å². The number of likely N-dealkylation sites (N-methyl/N-ethyl adjacent to an activating group) is 1. The molecule has 3 rings (SSSR count). The number of nitrogens with zero attached hydrogens (tertiary/aromatic N) is 1. The zero-order valence-corrected chi connectivity index (χ0v) is 14.2. The van der Waals surface area contributed by atoms with Crippen molar-refractivity contribution < 1.29 is 13.9 Å². The summed E-state index contributed by atoms with van der Waals surface area (Å²) in [5.74, 6) is 0.365. The van der Waals surface area contributed by atoms with E-state index in [4.69, 9.17) is 9.15 Å². The number of para-hydroxylation sites is 1. The van der Waals surface area contributed by atoms with Crippen molar-refractivity contribution in [1.82, 2.24) is 4.90 Å². The molecular weight excluding hydrogens is 318 g/mol. The molecule has 0 bridgehead atoms. The number of ether oxygens (including phenoxy) is 1. The van der Waals surface area contributed by atoms with E-state index in [-0.39, 0.29) is 11.5 Å². The molecule has 0 spiro atoms. The largest absolute Gasteiger partial charge is 0.492 e. The fourth-order valence-corrected chi connectivity index (χ4v) is 2.45. The Morgan fingerprint density at radius 2 is 1.84 bits per heavy atom. The molecule has 0 saturated carbocycles. The Labute approximate surface area is 145 Å². The minimum Gasteiger partial charge on any atom is -0.492 e. The van der Waals surface area contributed by atoms with E-state index in [9.17, 15) is 9.59 Å². The van der Waals surface area contributed by atoms with Crippen LogP contribution in [0.2, 0.25) is 0 Å². The first kappa shape index (κ1) is 16.8. The molecule has 5 nitrogen and oxygen atoms in total. The Balaban J connectivity index is 1.67. The van der Waals surface area contributed by atoms with Crippen LogP contribution in [0.5, 0.6) is 5.75 Å². The van der Waals surface area contributed by atoms with Crippen LogP contribution in [0.1, 0.15) is 15.9 Å². The molecule has 1 aromatic heterocycles. The topological polar surface area (TPSA) is 59.8 Å². The number of aryl methyl sites for hydroxylation is 1. The predicted octanol–water partition coefficient (Wildman–Crippen LogP) is 3.25. The van der Waals surface area contributed by atoms with Crippen molar-refractivity contribution in [2.75, 3.05) is 20.2 Å². The predicted molar refractivity (Wildman–Crippen MR) is 96.1 cm³/mol. The molecule has 2 aromatic carbocycles. The van der Waals surface area contributed by atoms with Gasteiger partial charge in [0.05, 0.1) is 6.54 Å². The van der Waals surface area contributed by atoms with Crippen LogP contribution in [0.4, 0.5) is 0 Å². The van der Waals surface area contributed by atoms with E-state index >= 15 is 0 Å². The van der Waals surface area contributed by atoms with Crippen LogP contribution in [-0.4, -0.2) is 31.0 Å². The van der Waals surface area contributed by atoms with Crippen LogP contribution >= 0.6 is 0 Å². The van der Waals surface area contributed by atoms with Gasteiger partial charge in [-0.15, -0.1) is 0 Å². The number of fused-ring (bicyclic) bond motifs is 1. The molecule has 0 unspecified atom stereocenters. The smallest absolute Gasteiger partial charge is 0.349 e. The zero-order chi connectivity index (χ0) is 17.8. The third-order valence-electron chi connectivity index (χ3n) is 3.93. The summed E-state index contributed by atoms with van der Waals surface area (Å²) in [6.45, 7) is 2.70. The van der Waals surface area contributed by atoms with Gasteiger partial charge in [0.25, 0.3) is 5.91 Å². The Hall–Kier alpha value is -3.08. The van der Waals surface area contributed by atoms with Crippen molar-refractivity contribution >= 4 is 16.9 Å². The molecule has 25 heavy (non-hydrogen) atoms. The van der Waals surface area contributed by atoms with Gasteiger partial charge in [0.15, 0.2) is 0 Å². The van der Waals surface area contributed by atoms with Crippen LogP contribution in [0.15, 0.2) is 63.8 Å². The van der Waals surface area contributed by atoms with Crippen LogP contribution in [0, 0.1) is 6.92 Å². The van der Waals surface area contributed by atoms with E-state index in [1.54, 1.807) is 31.3 Å². The second-order valence-electron chi connectivity index (χ2n) is 5.87. The number of carbonyl (C=O) groups is 1. The molecule has 0 aliphatic carbocycles.